The summed E-state index contributed by atoms with van der Waals surface area (Å²) in [6.07, 6.45) is 4.85. The van der Waals surface area contributed by atoms with Crippen LogP contribution in [-0.2, 0) is 18.5 Å². The minimum Gasteiger partial charge on any atom is -0.594 e. The van der Waals surface area contributed by atoms with Gasteiger partial charge in [0.2, 0.25) is 0 Å². The highest BCUT2D eigenvalue weighted by molar-refractivity contribution is 5.81. The Labute approximate surface area is 314 Å². The molecule has 0 radical (unpaired) electrons. The van der Waals surface area contributed by atoms with E-state index in [0.717, 1.165) is 64.0 Å². The number of aromatic nitrogens is 8. The van der Waals surface area contributed by atoms with Gasteiger partial charge in [0.05, 0.1) is 0 Å². The number of hydrogen-bond donors (Lipinski definition) is 0. The average molecular weight is 709 g/mol. The average Bonchev–Trinajstić information content (AvgIpc) is 3.87. The van der Waals surface area contributed by atoms with E-state index < -0.39 is 5.54 Å². The van der Waals surface area contributed by atoms with E-state index >= 15 is 0 Å². The highest BCUT2D eigenvalue weighted by Gasteiger charge is 2.42. The van der Waals surface area contributed by atoms with Gasteiger partial charge in [-0.3, -0.25) is 0 Å². The summed E-state index contributed by atoms with van der Waals surface area (Å²) in [4.78, 5) is 5.55. The van der Waals surface area contributed by atoms with Crippen LogP contribution in [0.4, 0.5) is 0 Å². The van der Waals surface area contributed by atoms with Crippen LogP contribution in [0.3, 0.4) is 0 Å². The lowest BCUT2D eigenvalue weighted by atomic mass is 9.77. The Bertz CT molecular complexity index is 2380. The first kappa shape index (κ1) is 34.4. The molecule has 0 amide bonds. The highest BCUT2D eigenvalue weighted by atomic mass is 16.5. The quantitative estimate of drug-likeness (QED) is 0.0718. The van der Waals surface area contributed by atoms with Crippen molar-refractivity contribution >= 4 is 0 Å². The summed E-state index contributed by atoms with van der Waals surface area (Å²) < 4.78 is 4.13. The summed E-state index contributed by atoms with van der Waals surface area (Å²) in [7, 11) is 0. The second-order valence-corrected chi connectivity index (χ2v) is 13.5. The van der Waals surface area contributed by atoms with Crippen LogP contribution in [0, 0.1) is 12.1 Å². The van der Waals surface area contributed by atoms with Crippen molar-refractivity contribution in [1.82, 2.24) is 34.9 Å². The molecule has 0 N–H and O–H groups in total. The number of hydrogen-bond acceptors (Lipinski definition) is 6. The van der Waals surface area contributed by atoms with E-state index in [1.807, 2.05) is 41.2 Å². The number of benzene rings is 5. The molecule has 0 aliphatic heterocycles. The summed E-state index contributed by atoms with van der Waals surface area (Å²) in [6, 6.07) is 51.9. The van der Waals surface area contributed by atoms with Crippen molar-refractivity contribution in [2.75, 3.05) is 0 Å². The van der Waals surface area contributed by atoms with Crippen LogP contribution in [0.15, 0.2) is 158 Å². The lowest BCUT2D eigenvalue weighted by Crippen LogP contribution is -2.39. The lowest BCUT2D eigenvalue weighted by molar-refractivity contribution is -0.658. The third-order valence-corrected chi connectivity index (χ3v) is 9.96. The highest BCUT2D eigenvalue weighted by Crippen LogP contribution is 2.43. The van der Waals surface area contributed by atoms with Gasteiger partial charge in [-0.2, -0.15) is 0 Å². The minimum absolute atomic E-state index is 0.446. The maximum absolute atomic E-state index is 12.7. The van der Waals surface area contributed by atoms with Crippen LogP contribution in [0.25, 0.3) is 33.9 Å². The van der Waals surface area contributed by atoms with Crippen molar-refractivity contribution in [3.63, 3.8) is 0 Å². The maximum Gasteiger partial charge on any atom is 0.271 e. The summed E-state index contributed by atoms with van der Waals surface area (Å²) in [5, 5.41) is 30.5. The molecule has 8 aromatic rings. The van der Waals surface area contributed by atoms with Gasteiger partial charge in [-0.25, -0.2) is 9.67 Å². The number of aryl methyl sites for hydroxylation is 2. The van der Waals surface area contributed by atoms with Crippen molar-refractivity contribution in [3.8, 4) is 33.9 Å². The van der Waals surface area contributed by atoms with Gasteiger partial charge in [0, 0.05) is 35.9 Å². The SMILES string of the molecule is CCCCc1nc(-c2ccc(C)n[n+]2[O-])cn1Cc1ccc(-c2ccccc2-c2nnnn2C(c2ccccc2)(c2ccccc2)c2ccccc2)cc1. The number of unbranched alkanes of at least 4 members (excludes halogenated alkanes) is 1. The third-order valence-electron chi connectivity index (χ3n) is 9.96. The zero-order valence-electron chi connectivity index (χ0n) is 30.3. The van der Waals surface area contributed by atoms with Gasteiger partial charge in [0.15, 0.2) is 11.5 Å². The summed E-state index contributed by atoms with van der Waals surface area (Å²) in [6.45, 7) is 4.60. The van der Waals surface area contributed by atoms with Gasteiger partial charge in [-0.15, -0.1) is 5.10 Å². The second-order valence-electron chi connectivity index (χ2n) is 13.5. The van der Waals surface area contributed by atoms with Crippen LogP contribution in [0.1, 0.15) is 53.5 Å². The molecule has 8 rings (SSSR count). The Morgan fingerprint density at radius 3 is 1.87 bits per heavy atom. The minimum atomic E-state index is -0.862. The second kappa shape index (κ2) is 15.1. The fourth-order valence-electron chi connectivity index (χ4n) is 7.33. The van der Waals surface area contributed by atoms with Gasteiger partial charge >= 0.3 is 0 Å². The van der Waals surface area contributed by atoms with Gasteiger partial charge in [-0.1, -0.05) is 153 Å². The van der Waals surface area contributed by atoms with Crippen molar-refractivity contribution in [2.45, 2.75) is 45.2 Å². The summed E-state index contributed by atoms with van der Waals surface area (Å²) >= 11 is 0. The fraction of sp³-hybridized carbons (Fsp3) is 0.156. The first-order chi connectivity index (χ1) is 26.6. The summed E-state index contributed by atoms with van der Waals surface area (Å²) in [5.41, 5.74) is 8.11. The predicted octanol–water partition coefficient (Wildman–Crippen LogP) is 8.44. The normalized spacial score (nSPS) is 11.5. The molecule has 0 saturated carbocycles. The Balaban J connectivity index is 1.19. The number of imidazole rings is 1. The van der Waals surface area contributed by atoms with Crippen molar-refractivity contribution in [1.29, 1.82) is 0 Å². The smallest absolute Gasteiger partial charge is 0.271 e. The number of nitrogens with zero attached hydrogens (tertiary/aromatic N) is 8. The maximum atomic E-state index is 12.7. The van der Waals surface area contributed by atoms with Gasteiger partial charge in [0.1, 0.15) is 17.1 Å². The molecule has 0 aliphatic carbocycles. The largest absolute Gasteiger partial charge is 0.594 e. The Morgan fingerprint density at radius 1 is 0.685 bits per heavy atom. The molecule has 0 unspecified atom stereocenters. The summed E-state index contributed by atoms with van der Waals surface area (Å²) in [5.74, 6) is 1.60. The monoisotopic (exact) mass is 708 g/mol. The third kappa shape index (κ3) is 6.45. The molecule has 0 spiro atoms. The van der Waals surface area contributed by atoms with Crippen molar-refractivity contribution in [3.05, 3.63) is 197 Å². The first-order valence-electron chi connectivity index (χ1n) is 18.3. The molecule has 0 atom stereocenters. The van der Waals surface area contributed by atoms with E-state index in [1.54, 1.807) is 13.0 Å². The van der Waals surface area contributed by atoms with Gasteiger partial charge in [0.25, 0.3) is 5.69 Å². The van der Waals surface area contributed by atoms with E-state index in [1.165, 1.54) is 0 Å². The van der Waals surface area contributed by atoms with Crippen LogP contribution in [0.2, 0.25) is 0 Å². The molecule has 9 nitrogen and oxygen atoms in total. The Hall–Kier alpha value is -6.74. The lowest BCUT2D eigenvalue weighted by Gasteiger charge is -2.36. The zero-order chi connectivity index (χ0) is 36.9. The molecule has 5 aromatic carbocycles. The van der Waals surface area contributed by atoms with E-state index in [2.05, 4.69) is 137 Å². The molecular formula is C45H40N8O. The van der Waals surface area contributed by atoms with Gasteiger partial charge < -0.3 is 9.77 Å². The van der Waals surface area contributed by atoms with E-state index in [9.17, 15) is 5.21 Å². The molecular weight excluding hydrogens is 669 g/mol. The molecule has 9 heteroatoms. The van der Waals surface area contributed by atoms with Crippen LogP contribution in [-0.4, -0.2) is 34.9 Å². The molecule has 3 aromatic heterocycles. The fourth-order valence-corrected chi connectivity index (χ4v) is 7.33. The van der Waals surface area contributed by atoms with Crippen LogP contribution < -0.4 is 4.85 Å². The van der Waals surface area contributed by atoms with E-state index in [0.29, 0.717) is 34.3 Å². The molecule has 0 bridgehead atoms. The van der Waals surface area contributed by atoms with Crippen molar-refractivity contribution in [2.24, 2.45) is 0 Å². The van der Waals surface area contributed by atoms with Gasteiger partial charge in [-0.05, 0) is 68.1 Å². The molecule has 3 heterocycles. The first-order valence-corrected chi connectivity index (χ1v) is 18.3. The Kier molecular flexibility index (Phi) is 9.60. The van der Waals surface area contributed by atoms with Crippen LogP contribution >= 0.6 is 0 Å². The molecule has 266 valence electrons. The molecule has 0 aliphatic rings. The topological polar surface area (TPSA) is 101 Å². The molecule has 54 heavy (non-hydrogen) atoms. The van der Waals surface area contributed by atoms with E-state index in [-0.39, 0.29) is 0 Å². The molecule has 0 fully saturated rings. The number of tetrazole rings is 1. The van der Waals surface area contributed by atoms with Crippen LogP contribution in [0.5, 0.6) is 0 Å². The standard InChI is InChI=1S/C45H40N8O/c1-3-4-24-43-46-41(42-30-25-33(2)48-53(42)54)32-51(43)31-34-26-28-35(29-27-34)39-22-14-15-23-40(39)44-47-49-50-52(44)45(36-16-8-5-9-17-36,37-18-10-6-11-19-37)38-20-12-7-13-21-38/h5-23,25-30,32H,3-4,24,31H2,1-2H3. The molecule has 0 saturated heterocycles. The zero-order valence-corrected chi connectivity index (χ0v) is 30.3. The Morgan fingerprint density at radius 2 is 1.28 bits per heavy atom. The predicted molar refractivity (Wildman–Crippen MR) is 210 cm³/mol. The number of rotatable bonds is 12. The van der Waals surface area contributed by atoms with E-state index in [4.69, 9.17) is 15.3 Å². The van der Waals surface area contributed by atoms with Crippen molar-refractivity contribution < 1.29 is 4.85 Å².